The molecule has 0 aliphatic heterocycles. The molecule has 77 heavy (non-hydrogen) atoms. The maximum atomic E-state index is 12.9. The average Bonchev–Trinajstić information content (AvgIpc) is 3.43. The first-order valence-corrected chi connectivity index (χ1v) is 32.7. The van der Waals surface area contributed by atoms with E-state index in [1.807, 2.05) is 0 Å². The fourth-order valence-electron chi connectivity index (χ4n) is 9.18. The smallest absolute Gasteiger partial charge is 0.306 e. The van der Waals surface area contributed by atoms with Gasteiger partial charge in [-0.15, -0.1) is 0 Å². The Bertz CT molecular complexity index is 1510. The molecule has 0 aliphatic carbocycles. The van der Waals surface area contributed by atoms with Crippen LogP contribution in [0.25, 0.3) is 0 Å². The number of allylic oxidation sites excluding steroid dienone is 16. The predicted molar refractivity (Wildman–Crippen MR) is 334 cm³/mol. The van der Waals surface area contributed by atoms with Crippen LogP contribution in [0.15, 0.2) is 97.2 Å². The van der Waals surface area contributed by atoms with Crippen molar-refractivity contribution in [3.8, 4) is 0 Å². The van der Waals surface area contributed by atoms with E-state index in [1.54, 1.807) is 0 Å². The van der Waals surface area contributed by atoms with E-state index in [9.17, 15) is 14.4 Å². The fourth-order valence-corrected chi connectivity index (χ4v) is 9.18. The van der Waals surface area contributed by atoms with Gasteiger partial charge in [-0.2, -0.15) is 0 Å². The van der Waals surface area contributed by atoms with Gasteiger partial charge in [-0.05, 0) is 103 Å². The molecular weight excluding hydrogens is 949 g/mol. The summed E-state index contributed by atoms with van der Waals surface area (Å²) < 4.78 is 16.9. The lowest BCUT2D eigenvalue weighted by Crippen LogP contribution is -2.30. The highest BCUT2D eigenvalue weighted by Gasteiger charge is 2.19. The number of hydrogen-bond acceptors (Lipinski definition) is 6. The zero-order chi connectivity index (χ0) is 55.7. The molecule has 0 aromatic carbocycles. The van der Waals surface area contributed by atoms with Crippen molar-refractivity contribution >= 4 is 17.9 Å². The van der Waals surface area contributed by atoms with Crippen molar-refractivity contribution in [1.29, 1.82) is 0 Å². The summed E-state index contributed by atoms with van der Waals surface area (Å²) in [6.45, 7) is 6.49. The third-order valence-corrected chi connectivity index (χ3v) is 14.1. The van der Waals surface area contributed by atoms with Crippen LogP contribution in [-0.2, 0) is 28.6 Å². The van der Waals surface area contributed by atoms with Crippen molar-refractivity contribution in [3.63, 3.8) is 0 Å². The molecule has 0 bridgehead atoms. The monoisotopic (exact) mass is 1070 g/mol. The SMILES string of the molecule is CC/C=C\C/C=C\C/C=C\C/C=C\C/C=C\CCCCCCCCCCCC(=O)OC(COC(=O)CCCCCCCCC)COC(=O)CCCCCCCCCCCCCC/C=C\C/C=C\C/C=C\CCCCCCC. The van der Waals surface area contributed by atoms with Gasteiger partial charge in [-0.3, -0.25) is 14.4 Å². The summed E-state index contributed by atoms with van der Waals surface area (Å²) in [4.78, 5) is 38.1. The lowest BCUT2D eigenvalue weighted by atomic mass is 10.0. The molecule has 6 heteroatoms. The molecule has 0 radical (unpaired) electrons. The summed E-state index contributed by atoms with van der Waals surface area (Å²) in [5, 5.41) is 0. The van der Waals surface area contributed by atoms with Gasteiger partial charge in [0.25, 0.3) is 0 Å². The number of ether oxygens (including phenoxy) is 3. The standard InChI is InChI=1S/C71H122O6/c1-4-7-10-13-16-18-20-22-24-26-28-30-32-34-35-37-38-40-42-44-46-48-50-52-55-58-61-64-70(73)76-67-68(66-75-69(72)63-60-57-54-15-12-9-6-3)77-71(74)65-62-59-56-53-51-49-47-45-43-41-39-36-33-31-29-27-25-23-21-19-17-14-11-8-5-2/h8,11,17,19-20,22-23,25-26,28-29,31-32,34,36,39,68H,4-7,9-10,12-16,18,21,24,27,30,33,35,37-38,40-67H2,1-3H3/b11-8-,19-17-,22-20-,25-23-,28-26-,31-29-,34-32-,39-36-. The van der Waals surface area contributed by atoms with Crippen molar-refractivity contribution in [3.05, 3.63) is 97.2 Å². The van der Waals surface area contributed by atoms with Crippen molar-refractivity contribution < 1.29 is 28.6 Å². The van der Waals surface area contributed by atoms with E-state index in [0.29, 0.717) is 19.3 Å². The van der Waals surface area contributed by atoms with E-state index in [2.05, 4.69) is 118 Å². The predicted octanol–water partition coefficient (Wildman–Crippen LogP) is 22.4. The number of carbonyl (C=O) groups excluding carboxylic acids is 3. The molecule has 0 heterocycles. The minimum absolute atomic E-state index is 0.0788. The van der Waals surface area contributed by atoms with Crippen LogP contribution < -0.4 is 0 Å². The summed E-state index contributed by atoms with van der Waals surface area (Å²) in [5.74, 6) is -0.884. The second-order valence-electron chi connectivity index (χ2n) is 21.6. The molecular formula is C71H122O6. The highest BCUT2D eigenvalue weighted by Crippen LogP contribution is 2.16. The molecule has 6 nitrogen and oxygen atoms in total. The van der Waals surface area contributed by atoms with Gasteiger partial charge in [0.15, 0.2) is 6.10 Å². The molecule has 0 aromatic heterocycles. The first-order chi connectivity index (χ1) is 38.0. The highest BCUT2D eigenvalue weighted by atomic mass is 16.6. The summed E-state index contributed by atoms with van der Waals surface area (Å²) in [7, 11) is 0. The zero-order valence-corrected chi connectivity index (χ0v) is 50.7. The first kappa shape index (κ1) is 73.3. The second-order valence-corrected chi connectivity index (χ2v) is 21.6. The second kappa shape index (κ2) is 64.9. The van der Waals surface area contributed by atoms with E-state index in [1.165, 1.54) is 167 Å². The van der Waals surface area contributed by atoms with Gasteiger partial charge in [0.1, 0.15) is 13.2 Å². The van der Waals surface area contributed by atoms with Gasteiger partial charge in [-0.25, -0.2) is 0 Å². The number of carbonyl (C=O) groups is 3. The Balaban J connectivity index is 4.14. The lowest BCUT2D eigenvalue weighted by Gasteiger charge is -2.18. The fraction of sp³-hybridized carbons (Fsp3) is 0.732. The molecule has 0 aliphatic rings. The first-order valence-electron chi connectivity index (χ1n) is 32.7. The molecule has 0 N–H and O–H groups in total. The van der Waals surface area contributed by atoms with Crippen LogP contribution in [0.4, 0.5) is 0 Å². The maximum Gasteiger partial charge on any atom is 0.306 e. The van der Waals surface area contributed by atoms with Gasteiger partial charge in [0, 0.05) is 19.3 Å². The molecule has 0 saturated heterocycles. The molecule has 0 amide bonds. The van der Waals surface area contributed by atoms with Crippen molar-refractivity contribution in [2.75, 3.05) is 13.2 Å². The minimum Gasteiger partial charge on any atom is -0.462 e. The van der Waals surface area contributed by atoms with Crippen LogP contribution in [0.3, 0.4) is 0 Å². The van der Waals surface area contributed by atoms with Crippen LogP contribution in [-0.4, -0.2) is 37.2 Å². The Hall–Kier alpha value is -3.67. The van der Waals surface area contributed by atoms with Gasteiger partial charge < -0.3 is 14.2 Å². The Morgan fingerprint density at radius 3 is 0.792 bits per heavy atom. The Morgan fingerprint density at radius 1 is 0.273 bits per heavy atom. The third kappa shape index (κ3) is 63.0. The molecule has 442 valence electrons. The van der Waals surface area contributed by atoms with Gasteiger partial charge in [-0.1, -0.05) is 291 Å². The van der Waals surface area contributed by atoms with Crippen LogP contribution in [0.2, 0.25) is 0 Å². The van der Waals surface area contributed by atoms with E-state index in [-0.39, 0.29) is 31.1 Å². The summed E-state index contributed by atoms with van der Waals surface area (Å²) in [5.41, 5.74) is 0. The van der Waals surface area contributed by atoms with Crippen LogP contribution in [0.1, 0.15) is 316 Å². The molecule has 0 fully saturated rings. The molecule has 1 unspecified atom stereocenters. The van der Waals surface area contributed by atoms with Gasteiger partial charge in [0.2, 0.25) is 0 Å². The molecule has 0 saturated carbocycles. The van der Waals surface area contributed by atoms with Crippen LogP contribution in [0, 0.1) is 0 Å². The number of esters is 3. The number of rotatable bonds is 59. The van der Waals surface area contributed by atoms with Crippen LogP contribution in [0.5, 0.6) is 0 Å². The van der Waals surface area contributed by atoms with Crippen LogP contribution >= 0.6 is 0 Å². The Labute approximate surface area is 477 Å². The van der Waals surface area contributed by atoms with Crippen molar-refractivity contribution in [1.82, 2.24) is 0 Å². The highest BCUT2D eigenvalue weighted by molar-refractivity contribution is 5.71. The Morgan fingerprint density at radius 2 is 0.506 bits per heavy atom. The topological polar surface area (TPSA) is 78.9 Å². The largest absolute Gasteiger partial charge is 0.462 e. The molecule has 0 spiro atoms. The minimum atomic E-state index is -0.780. The van der Waals surface area contributed by atoms with E-state index in [0.717, 1.165) is 109 Å². The van der Waals surface area contributed by atoms with Crippen molar-refractivity contribution in [2.45, 2.75) is 322 Å². The summed E-state index contributed by atoms with van der Waals surface area (Å²) >= 11 is 0. The van der Waals surface area contributed by atoms with E-state index < -0.39 is 6.10 Å². The number of hydrogen-bond donors (Lipinski definition) is 0. The third-order valence-electron chi connectivity index (χ3n) is 14.1. The van der Waals surface area contributed by atoms with Gasteiger partial charge in [0.05, 0.1) is 0 Å². The normalized spacial score (nSPS) is 12.7. The molecule has 1 atom stereocenters. The zero-order valence-electron chi connectivity index (χ0n) is 50.7. The lowest BCUT2D eigenvalue weighted by molar-refractivity contribution is -0.167. The average molecular weight is 1070 g/mol. The summed E-state index contributed by atoms with van der Waals surface area (Å²) in [6.07, 6.45) is 87.3. The van der Waals surface area contributed by atoms with E-state index in [4.69, 9.17) is 14.2 Å². The number of unbranched alkanes of at least 4 members (excludes halogenated alkanes) is 32. The van der Waals surface area contributed by atoms with E-state index >= 15 is 0 Å². The molecule has 0 aromatic rings. The maximum absolute atomic E-state index is 12.9. The quantitative estimate of drug-likeness (QED) is 0.0261. The van der Waals surface area contributed by atoms with Gasteiger partial charge >= 0.3 is 17.9 Å². The van der Waals surface area contributed by atoms with Crippen molar-refractivity contribution in [2.24, 2.45) is 0 Å². The Kier molecular flexibility index (Phi) is 61.8. The molecule has 0 rings (SSSR count). The summed E-state index contributed by atoms with van der Waals surface area (Å²) in [6, 6.07) is 0.